The lowest BCUT2D eigenvalue weighted by molar-refractivity contribution is -0.146. The molecule has 2 heterocycles. The molecule has 0 bridgehead atoms. The number of ketones is 1. The van der Waals surface area contributed by atoms with Gasteiger partial charge in [0.1, 0.15) is 5.92 Å². The van der Waals surface area contributed by atoms with Crippen molar-refractivity contribution < 1.29 is 14.3 Å². The fourth-order valence-electron chi connectivity index (χ4n) is 3.36. The van der Waals surface area contributed by atoms with Gasteiger partial charge in [-0.1, -0.05) is 0 Å². The second-order valence-electron chi connectivity index (χ2n) is 5.65. The number of aliphatic imine (C=N–C) groups is 1. The van der Waals surface area contributed by atoms with Crippen molar-refractivity contribution in [2.75, 3.05) is 6.61 Å². The van der Waals surface area contributed by atoms with Crippen LogP contribution in [-0.2, 0) is 14.3 Å². The van der Waals surface area contributed by atoms with Gasteiger partial charge in [-0.05, 0) is 49.1 Å². The van der Waals surface area contributed by atoms with E-state index in [-0.39, 0.29) is 17.7 Å². The Hall–Kier alpha value is -1.75. The van der Waals surface area contributed by atoms with Crippen LogP contribution in [0.2, 0.25) is 0 Å². The molecule has 0 aromatic carbocycles. The van der Waals surface area contributed by atoms with Gasteiger partial charge in [0.2, 0.25) is 0 Å². The van der Waals surface area contributed by atoms with E-state index in [0.717, 1.165) is 35.4 Å². The van der Waals surface area contributed by atoms with Crippen molar-refractivity contribution in [2.24, 2.45) is 10.9 Å². The van der Waals surface area contributed by atoms with Gasteiger partial charge in [-0.15, -0.1) is 0 Å². The Bertz CT molecular complexity index is 657. The Morgan fingerprint density at radius 3 is 2.95 bits per heavy atom. The number of thiophene rings is 1. The number of nitrogens with zero attached hydrogens (tertiary/aromatic N) is 1. The van der Waals surface area contributed by atoms with Crippen LogP contribution in [0, 0.1) is 5.92 Å². The summed E-state index contributed by atoms with van der Waals surface area (Å²) >= 11 is 1.58. The molecular weight excluding hydrogens is 298 g/mol. The Morgan fingerprint density at radius 2 is 2.27 bits per heavy atom. The van der Waals surface area contributed by atoms with Gasteiger partial charge in [-0.3, -0.25) is 14.6 Å². The SMILES string of the molecule is CCOC(=O)C1C(C)=NC2=C(C(=O)CCC2)[C@@H]1c1ccsc1. The van der Waals surface area contributed by atoms with Crippen LogP contribution in [-0.4, -0.2) is 24.1 Å². The van der Waals surface area contributed by atoms with Crippen molar-refractivity contribution in [1.82, 2.24) is 0 Å². The first-order valence-electron chi connectivity index (χ1n) is 7.63. The highest BCUT2D eigenvalue weighted by molar-refractivity contribution is 7.08. The molecule has 0 saturated heterocycles. The third-order valence-electron chi connectivity index (χ3n) is 4.28. The molecule has 2 atom stereocenters. The van der Waals surface area contributed by atoms with Crippen LogP contribution in [0.1, 0.15) is 44.6 Å². The summed E-state index contributed by atoms with van der Waals surface area (Å²) in [4.78, 5) is 29.5. The van der Waals surface area contributed by atoms with Crippen molar-refractivity contribution in [2.45, 2.75) is 39.0 Å². The lowest BCUT2D eigenvalue weighted by Crippen LogP contribution is -2.37. The quantitative estimate of drug-likeness (QED) is 0.802. The minimum Gasteiger partial charge on any atom is -0.465 e. The summed E-state index contributed by atoms with van der Waals surface area (Å²) in [5, 5.41) is 3.99. The first kappa shape index (κ1) is 15.2. The van der Waals surface area contributed by atoms with Crippen molar-refractivity contribution in [3.63, 3.8) is 0 Å². The molecule has 0 amide bonds. The van der Waals surface area contributed by atoms with Gasteiger partial charge in [-0.25, -0.2) is 0 Å². The molecule has 1 aromatic rings. The number of hydrogen-bond acceptors (Lipinski definition) is 5. The number of carbonyl (C=O) groups excluding carboxylic acids is 2. The summed E-state index contributed by atoms with van der Waals surface area (Å²) in [6.07, 6.45) is 2.20. The predicted molar refractivity (Wildman–Crippen MR) is 86.2 cm³/mol. The fraction of sp³-hybridized carbons (Fsp3) is 0.471. The highest BCUT2D eigenvalue weighted by atomic mass is 32.1. The first-order valence-corrected chi connectivity index (χ1v) is 8.58. The number of rotatable bonds is 3. The molecule has 0 fully saturated rings. The number of allylic oxidation sites excluding steroid dienone is 2. The zero-order chi connectivity index (χ0) is 15.7. The Morgan fingerprint density at radius 1 is 1.45 bits per heavy atom. The van der Waals surface area contributed by atoms with Gasteiger partial charge in [-0.2, -0.15) is 11.3 Å². The maximum absolute atomic E-state index is 12.5. The molecule has 1 aromatic heterocycles. The normalized spacial score (nSPS) is 24.8. The Kier molecular flexibility index (Phi) is 4.25. The van der Waals surface area contributed by atoms with E-state index in [9.17, 15) is 9.59 Å². The largest absolute Gasteiger partial charge is 0.465 e. The molecule has 0 radical (unpaired) electrons. The van der Waals surface area contributed by atoms with Crippen LogP contribution in [0.3, 0.4) is 0 Å². The van der Waals surface area contributed by atoms with Gasteiger partial charge in [0.25, 0.3) is 0 Å². The number of ether oxygens (including phenoxy) is 1. The molecule has 5 heteroatoms. The van der Waals surface area contributed by atoms with Crippen molar-refractivity contribution >= 4 is 28.8 Å². The number of Topliss-reactive ketones (excluding diaryl/α,β-unsaturated/α-hetero) is 1. The monoisotopic (exact) mass is 317 g/mol. The molecule has 0 N–H and O–H groups in total. The van der Waals surface area contributed by atoms with E-state index in [1.165, 1.54) is 0 Å². The predicted octanol–water partition coefficient (Wildman–Crippen LogP) is 3.49. The zero-order valence-corrected chi connectivity index (χ0v) is 13.6. The summed E-state index contributed by atoms with van der Waals surface area (Å²) in [5.74, 6) is -0.895. The average Bonchev–Trinajstić information content (AvgIpc) is 3.00. The molecule has 4 nitrogen and oxygen atoms in total. The van der Waals surface area contributed by atoms with Crippen LogP contribution in [0.4, 0.5) is 0 Å². The lowest BCUT2D eigenvalue weighted by Gasteiger charge is -2.33. The molecule has 2 aliphatic rings. The summed E-state index contributed by atoms with van der Waals surface area (Å²) in [6, 6.07) is 1.99. The smallest absolute Gasteiger partial charge is 0.315 e. The molecule has 1 aliphatic carbocycles. The zero-order valence-electron chi connectivity index (χ0n) is 12.8. The number of hydrogen-bond donors (Lipinski definition) is 0. The van der Waals surface area contributed by atoms with Gasteiger partial charge in [0.05, 0.1) is 6.61 Å². The van der Waals surface area contributed by atoms with Gasteiger partial charge in [0, 0.05) is 29.3 Å². The topological polar surface area (TPSA) is 55.7 Å². The van der Waals surface area contributed by atoms with Crippen molar-refractivity contribution in [3.05, 3.63) is 33.7 Å². The molecular formula is C17H19NO3S. The van der Waals surface area contributed by atoms with E-state index < -0.39 is 5.92 Å². The van der Waals surface area contributed by atoms with E-state index in [1.54, 1.807) is 18.3 Å². The summed E-state index contributed by atoms with van der Waals surface area (Å²) in [6.45, 7) is 3.99. The molecule has 0 spiro atoms. The van der Waals surface area contributed by atoms with Crippen LogP contribution >= 0.6 is 11.3 Å². The van der Waals surface area contributed by atoms with Crippen LogP contribution in [0.5, 0.6) is 0 Å². The minimum atomic E-state index is -0.490. The first-order chi connectivity index (χ1) is 10.6. The average molecular weight is 317 g/mol. The molecule has 116 valence electrons. The van der Waals surface area contributed by atoms with E-state index in [2.05, 4.69) is 4.99 Å². The van der Waals surface area contributed by atoms with Crippen LogP contribution in [0.15, 0.2) is 33.1 Å². The van der Waals surface area contributed by atoms with Gasteiger partial charge in [0.15, 0.2) is 5.78 Å². The highest BCUT2D eigenvalue weighted by Gasteiger charge is 2.43. The third kappa shape index (κ3) is 2.54. The van der Waals surface area contributed by atoms with Crippen LogP contribution in [0.25, 0.3) is 0 Å². The Balaban J connectivity index is 2.11. The maximum Gasteiger partial charge on any atom is 0.315 e. The van der Waals surface area contributed by atoms with E-state index >= 15 is 0 Å². The molecule has 1 unspecified atom stereocenters. The van der Waals surface area contributed by atoms with E-state index in [4.69, 9.17) is 4.74 Å². The minimum absolute atomic E-state index is 0.128. The summed E-state index contributed by atoms with van der Waals surface area (Å²) in [7, 11) is 0. The van der Waals surface area contributed by atoms with Gasteiger partial charge >= 0.3 is 5.97 Å². The second kappa shape index (κ2) is 6.16. The lowest BCUT2D eigenvalue weighted by atomic mass is 9.72. The molecule has 1 aliphatic heterocycles. The van der Waals surface area contributed by atoms with Crippen LogP contribution < -0.4 is 0 Å². The fourth-order valence-corrected chi connectivity index (χ4v) is 4.05. The highest BCUT2D eigenvalue weighted by Crippen LogP contribution is 2.43. The standard InChI is InChI=1S/C17H19NO3S/c1-3-21-17(20)14-10(2)18-12-5-4-6-13(19)16(12)15(14)11-7-8-22-9-11/h7-9,14-15H,3-6H2,1-2H3/t14?,15-/m1/s1. The van der Waals surface area contributed by atoms with E-state index in [1.807, 2.05) is 23.8 Å². The van der Waals surface area contributed by atoms with Crippen molar-refractivity contribution in [3.8, 4) is 0 Å². The number of esters is 1. The molecule has 22 heavy (non-hydrogen) atoms. The third-order valence-corrected chi connectivity index (χ3v) is 4.98. The summed E-state index contributed by atoms with van der Waals surface area (Å²) in [5.41, 5.74) is 3.36. The molecule has 0 saturated carbocycles. The number of carbonyl (C=O) groups is 2. The summed E-state index contributed by atoms with van der Waals surface area (Å²) < 4.78 is 5.24. The Labute approximate surface area is 133 Å². The molecule has 3 rings (SSSR count). The van der Waals surface area contributed by atoms with Crippen molar-refractivity contribution in [1.29, 1.82) is 0 Å². The second-order valence-corrected chi connectivity index (χ2v) is 6.43. The maximum atomic E-state index is 12.5. The van der Waals surface area contributed by atoms with E-state index in [0.29, 0.717) is 13.0 Å². The van der Waals surface area contributed by atoms with Gasteiger partial charge < -0.3 is 4.74 Å².